The van der Waals surface area contributed by atoms with E-state index in [4.69, 9.17) is 4.74 Å². The number of fused-ring (bicyclic) bond motifs is 1. The van der Waals surface area contributed by atoms with Crippen LogP contribution < -0.4 is 20.7 Å². The number of rotatable bonds is 12. The van der Waals surface area contributed by atoms with E-state index in [1.54, 1.807) is 44.7 Å². The first-order valence-corrected chi connectivity index (χ1v) is 20.1. The van der Waals surface area contributed by atoms with Crippen LogP contribution in [0.15, 0.2) is 84.5 Å². The molecular formula is C40H53N5O7S. The van der Waals surface area contributed by atoms with Crippen LogP contribution in [0, 0.1) is 5.92 Å². The highest BCUT2D eigenvalue weighted by Crippen LogP contribution is 2.35. The lowest BCUT2D eigenvalue weighted by molar-refractivity contribution is -0.143. The molecule has 2 saturated heterocycles. The van der Waals surface area contributed by atoms with Crippen molar-refractivity contribution in [2.75, 3.05) is 6.54 Å². The lowest BCUT2D eigenvalue weighted by Gasteiger charge is -2.33. The van der Waals surface area contributed by atoms with Crippen molar-refractivity contribution >= 4 is 33.8 Å². The molecule has 2 aliphatic heterocycles. The molecule has 13 heteroatoms. The van der Waals surface area contributed by atoms with Crippen molar-refractivity contribution in [1.82, 2.24) is 25.6 Å². The average Bonchev–Trinajstić information content (AvgIpc) is 3.51. The number of hydrogen-bond donors (Lipinski definition) is 4. The van der Waals surface area contributed by atoms with Gasteiger partial charge in [0.05, 0.1) is 11.3 Å². The normalized spacial score (nSPS) is 23.7. The van der Waals surface area contributed by atoms with Gasteiger partial charge in [0, 0.05) is 18.5 Å². The zero-order chi connectivity index (χ0) is 38.3. The van der Waals surface area contributed by atoms with Crippen LogP contribution in [0.4, 0.5) is 4.79 Å². The molecule has 0 saturated carbocycles. The zero-order valence-corrected chi connectivity index (χ0v) is 32.0. The van der Waals surface area contributed by atoms with Gasteiger partial charge < -0.3 is 25.6 Å². The largest absolute Gasteiger partial charge is 0.444 e. The van der Waals surface area contributed by atoms with Gasteiger partial charge in [-0.25, -0.2) is 17.9 Å². The number of nitrogens with zero attached hydrogens (tertiary/aromatic N) is 1. The molecule has 0 radical (unpaired) electrons. The second-order valence-electron chi connectivity index (χ2n) is 15.2. The molecule has 2 aromatic carbocycles. The topological polar surface area (TPSA) is 163 Å². The molecule has 0 aromatic heterocycles. The lowest BCUT2D eigenvalue weighted by atomic mass is 9.93. The number of sulfonamides is 1. The summed E-state index contributed by atoms with van der Waals surface area (Å²) < 4.78 is 34.9. The Balaban J connectivity index is 1.40. The molecule has 0 bridgehead atoms. The smallest absolute Gasteiger partial charge is 0.408 e. The van der Waals surface area contributed by atoms with Crippen LogP contribution in [0.1, 0.15) is 90.3 Å². The van der Waals surface area contributed by atoms with E-state index in [1.165, 1.54) is 0 Å². The van der Waals surface area contributed by atoms with Gasteiger partial charge in [0.15, 0.2) is 0 Å². The Morgan fingerprint density at radius 1 is 0.925 bits per heavy atom. The minimum Gasteiger partial charge on any atom is -0.444 e. The number of hydrogen-bond acceptors (Lipinski definition) is 7. The van der Waals surface area contributed by atoms with E-state index in [0.717, 1.165) is 16.7 Å². The SMILES string of the molecule is CC[C@H](NC(=O)OC(C)(C)C)C(=O)N[C@@H]1C(=O)N2[C@@H](CC[C@@H]1CNS(=O)(=O)C1C=CC(C)=CC1)CC[C@H]2C(=O)NC(c1ccccc1)c1ccccc1. The summed E-state index contributed by atoms with van der Waals surface area (Å²) in [6.45, 7) is 8.68. The summed E-state index contributed by atoms with van der Waals surface area (Å²) in [4.78, 5) is 57.0. The summed E-state index contributed by atoms with van der Waals surface area (Å²) in [6, 6.07) is 15.5. The highest BCUT2D eigenvalue weighted by Gasteiger charge is 2.48. The van der Waals surface area contributed by atoms with Crippen LogP contribution in [-0.2, 0) is 29.1 Å². The average molecular weight is 748 g/mol. The molecule has 4 amide bonds. The number of alkyl carbamates (subject to hydrolysis) is 1. The third-order valence-corrected chi connectivity index (χ3v) is 11.8. The third kappa shape index (κ3) is 10.1. The maximum atomic E-state index is 14.7. The van der Waals surface area contributed by atoms with Gasteiger partial charge >= 0.3 is 6.09 Å². The van der Waals surface area contributed by atoms with Crippen molar-refractivity contribution < 1.29 is 32.3 Å². The van der Waals surface area contributed by atoms with Gasteiger partial charge in [-0.1, -0.05) is 91.4 Å². The molecule has 0 spiro atoms. The number of amides is 4. The van der Waals surface area contributed by atoms with Gasteiger partial charge in [0.1, 0.15) is 23.7 Å². The van der Waals surface area contributed by atoms with E-state index in [1.807, 2.05) is 73.7 Å². The fourth-order valence-corrected chi connectivity index (χ4v) is 8.60. The molecule has 3 aliphatic rings. The predicted molar refractivity (Wildman–Crippen MR) is 203 cm³/mol. The Morgan fingerprint density at radius 2 is 1.55 bits per heavy atom. The Morgan fingerprint density at radius 3 is 2.11 bits per heavy atom. The maximum absolute atomic E-state index is 14.7. The predicted octanol–water partition coefficient (Wildman–Crippen LogP) is 4.64. The van der Waals surface area contributed by atoms with E-state index < -0.39 is 68.9 Å². The van der Waals surface area contributed by atoms with Gasteiger partial charge in [-0.15, -0.1) is 0 Å². The maximum Gasteiger partial charge on any atom is 0.408 e. The number of allylic oxidation sites excluding steroid dienone is 3. The molecular weight excluding hydrogens is 695 g/mol. The van der Waals surface area contributed by atoms with Gasteiger partial charge in [0.25, 0.3) is 0 Å². The zero-order valence-electron chi connectivity index (χ0n) is 31.2. The number of nitrogens with one attached hydrogen (secondary N) is 4. The summed E-state index contributed by atoms with van der Waals surface area (Å²) in [5.74, 6) is -2.00. The van der Waals surface area contributed by atoms with E-state index in [0.29, 0.717) is 32.1 Å². The van der Waals surface area contributed by atoms with Crippen molar-refractivity contribution in [3.63, 3.8) is 0 Å². The van der Waals surface area contributed by atoms with Crippen LogP contribution in [0.25, 0.3) is 0 Å². The van der Waals surface area contributed by atoms with Crippen molar-refractivity contribution in [2.45, 2.75) is 114 Å². The van der Waals surface area contributed by atoms with Gasteiger partial charge in [-0.2, -0.15) is 0 Å². The van der Waals surface area contributed by atoms with Gasteiger partial charge in [-0.3, -0.25) is 14.4 Å². The highest BCUT2D eigenvalue weighted by atomic mass is 32.2. The van der Waals surface area contributed by atoms with Crippen molar-refractivity contribution in [2.24, 2.45) is 5.92 Å². The van der Waals surface area contributed by atoms with Crippen molar-refractivity contribution in [1.29, 1.82) is 0 Å². The number of ether oxygens (including phenoxy) is 1. The van der Waals surface area contributed by atoms with Crippen LogP contribution in [0.5, 0.6) is 0 Å². The summed E-state index contributed by atoms with van der Waals surface area (Å²) >= 11 is 0. The van der Waals surface area contributed by atoms with Crippen molar-refractivity contribution in [3.8, 4) is 0 Å². The fraction of sp³-hybridized carbons (Fsp3) is 0.500. The monoisotopic (exact) mass is 747 g/mol. The van der Waals surface area contributed by atoms with Gasteiger partial charge in [0.2, 0.25) is 27.7 Å². The molecule has 1 aliphatic carbocycles. The van der Waals surface area contributed by atoms with E-state index in [9.17, 15) is 27.6 Å². The number of carbonyl (C=O) groups excluding carboxylic acids is 4. The summed E-state index contributed by atoms with van der Waals surface area (Å²) in [5, 5.41) is 7.91. The van der Waals surface area contributed by atoms with Crippen LogP contribution in [0.2, 0.25) is 0 Å². The quantitative estimate of drug-likeness (QED) is 0.246. The molecule has 2 fully saturated rings. The van der Waals surface area contributed by atoms with E-state index >= 15 is 0 Å². The minimum atomic E-state index is -3.81. The summed E-state index contributed by atoms with van der Waals surface area (Å²) in [7, 11) is -3.81. The first kappa shape index (κ1) is 39.7. The highest BCUT2D eigenvalue weighted by molar-refractivity contribution is 7.90. The Kier molecular flexibility index (Phi) is 12.8. The second kappa shape index (κ2) is 17.1. The fourth-order valence-electron chi connectivity index (χ4n) is 7.31. The number of carbonyl (C=O) groups is 4. The molecule has 2 aromatic rings. The Labute approximate surface area is 313 Å². The summed E-state index contributed by atoms with van der Waals surface area (Å²) in [5.41, 5.74) is 1.98. The van der Waals surface area contributed by atoms with Crippen molar-refractivity contribution in [3.05, 3.63) is 95.6 Å². The lowest BCUT2D eigenvalue weighted by Crippen LogP contribution is -2.60. The standard InChI is InChI=1S/C40H53N5O7S/c1-6-32(42-39(49)52-40(3,4)5)36(46)44-35-29(25-41-53(50,51)31-22-17-26(2)18-23-31)19-20-30-21-24-33(45(30)38(35)48)37(47)43-34(27-13-9-7-10-14-27)28-15-11-8-12-16-28/h7-18,22,29-35,41H,6,19-21,23-25H2,1-5H3,(H,42,49)(H,43,47)(H,44,46)/t29-,30+,31?,32+,33+,35+/m1/s1. The van der Waals surface area contributed by atoms with Crippen LogP contribution in [-0.4, -0.2) is 78.7 Å². The molecule has 5 rings (SSSR count). The van der Waals surface area contributed by atoms with Gasteiger partial charge in [-0.05, 0) is 77.3 Å². The van der Waals surface area contributed by atoms with Crippen LogP contribution >= 0.6 is 0 Å². The minimum absolute atomic E-state index is 0.0934. The molecule has 4 N–H and O–H groups in total. The third-order valence-electron chi connectivity index (χ3n) is 10.1. The van der Waals surface area contributed by atoms with Crippen LogP contribution in [0.3, 0.4) is 0 Å². The van der Waals surface area contributed by atoms with E-state index in [-0.39, 0.29) is 24.9 Å². The second-order valence-corrected chi connectivity index (χ2v) is 17.1. The number of benzene rings is 2. The first-order chi connectivity index (χ1) is 25.2. The molecule has 1 unspecified atom stereocenters. The molecule has 286 valence electrons. The molecule has 2 heterocycles. The first-order valence-electron chi connectivity index (χ1n) is 18.5. The van der Waals surface area contributed by atoms with E-state index in [2.05, 4.69) is 20.7 Å². The molecule has 6 atom stereocenters. The Bertz CT molecular complexity index is 1750. The molecule has 12 nitrogen and oxygen atoms in total. The molecule has 53 heavy (non-hydrogen) atoms. The Hall–Kier alpha value is -4.49. The summed E-state index contributed by atoms with van der Waals surface area (Å²) in [6.07, 6.45) is 7.02.